The number of carbonyl (C=O) groups excluding carboxylic acids is 1. The van der Waals surface area contributed by atoms with Gasteiger partial charge in [-0.3, -0.25) is 4.79 Å². The van der Waals surface area contributed by atoms with E-state index in [2.05, 4.69) is 5.32 Å². The summed E-state index contributed by atoms with van der Waals surface area (Å²) >= 11 is 1.46. The van der Waals surface area contributed by atoms with Crippen LogP contribution in [-0.4, -0.2) is 39.6 Å². The Hall–Kier alpha value is -2.54. The van der Waals surface area contributed by atoms with Gasteiger partial charge in [-0.05, 0) is 49.7 Å². The van der Waals surface area contributed by atoms with Crippen molar-refractivity contribution in [2.75, 3.05) is 28.4 Å². The Labute approximate surface area is 170 Å². The molecule has 0 heterocycles. The number of methoxy groups -OCH3 is 4. The molecule has 0 saturated carbocycles. The predicted molar refractivity (Wildman–Crippen MR) is 111 cm³/mol. The number of ether oxygens (including phenoxy) is 4. The third kappa shape index (κ3) is 5.25. The van der Waals surface area contributed by atoms with Gasteiger partial charge in [-0.15, -0.1) is 11.8 Å². The molecule has 152 valence electrons. The van der Waals surface area contributed by atoms with Crippen molar-refractivity contribution in [1.29, 1.82) is 0 Å². The molecule has 0 unspecified atom stereocenters. The molecule has 1 amide bonds. The molecule has 0 aromatic heterocycles. The molecule has 0 aliphatic rings. The molecule has 28 heavy (non-hydrogen) atoms. The Balaban J connectivity index is 2.03. The molecule has 0 aliphatic carbocycles. The average molecular weight is 406 g/mol. The van der Waals surface area contributed by atoms with E-state index in [1.807, 2.05) is 50.2 Å². The molecule has 0 fully saturated rings. The first-order valence-corrected chi connectivity index (χ1v) is 9.72. The molecule has 2 rings (SSSR count). The zero-order valence-electron chi connectivity index (χ0n) is 17.1. The lowest BCUT2D eigenvalue weighted by Gasteiger charge is -2.19. The minimum atomic E-state index is -0.277. The first-order chi connectivity index (χ1) is 13.4. The first-order valence-electron chi connectivity index (χ1n) is 8.84. The minimum absolute atomic E-state index is 0.0536. The van der Waals surface area contributed by atoms with E-state index >= 15 is 0 Å². The molecule has 0 saturated heterocycles. The summed E-state index contributed by atoms with van der Waals surface area (Å²) in [5.41, 5.74) is 0.939. The lowest BCUT2D eigenvalue weighted by atomic mass is 10.1. The first kappa shape index (κ1) is 21.8. The average Bonchev–Trinajstić information content (AvgIpc) is 2.72. The van der Waals surface area contributed by atoms with Crippen LogP contribution in [0.2, 0.25) is 0 Å². The van der Waals surface area contributed by atoms with Crippen LogP contribution in [0.25, 0.3) is 0 Å². The Morgan fingerprint density at radius 2 is 1.36 bits per heavy atom. The van der Waals surface area contributed by atoms with Gasteiger partial charge in [0.2, 0.25) is 5.91 Å². The Bertz CT molecular complexity index is 811. The molecule has 0 radical (unpaired) electrons. The summed E-state index contributed by atoms with van der Waals surface area (Å²) in [4.78, 5) is 13.6. The number of thioether (sulfide) groups is 1. The van der Waals surface area contributed by atoms with Crippen molar-refractivity contribution in [2.45, 2.75) is 30.0 Å². The number of rotatable bonds is 9. The van der Waals surface area contributed by atoms with Gasteiger partial charge in [0.25, 0.3) is 0 Å². The fraction of sp³-hybridized carbons (Fsp3) is 0.381. The highest BCUT2D eigenvalue weighted by Gasteiger charge is 2.19. The normalized spacial score (nSPS) is 12.6. The number of nitrogens with one attached hydrogen (secondary N) is 1. The van der Waals surface area contributed by atoms with Crippen LogP contribution in [0.1, 0.15) is 25.5 Å². The molecular formula is C21H27NO5S. The lowest BCUT2D eigenvalue weighted by molar-refractivity contribution is -0.120. The summed E-state index contributed by atoms with van der Waals surface area (Å²) in [5, 5.41) is 2.77. The predicted octanol–water partition coefficient (Wildman–Crippen LogP) is 4.08. The maximum Gasteiger partial charge on any atom is 0.233 e. The highest BCUT2D eigenvalue weighted by Crippen LogP contribution is 2.34. The van der Waals surface area contributed by atoms with Gasteiger partial charge in [0.15, 0.2) is 23.0 Å². The van der Waals surface area contributed by atoms with Crippen molar-refractivity contribution in [3.8, 4) is 23.0 Å². The maximum absolute atomic E-state index is 12.6. The second-order valence-electron chi connectivity index (χ2n) is 6.12. The van der Waals surface area contributed by atoms with Gasteiger partial charge in [0.1, 0.15) is 0 Å². The SMILES string of the molecule is COc1ccc(S[C@H](C)C(=O)N[C@@H](C)c2ccc(OC)c(OC)c2)cc1OC. The molecule has 6 nitrogen and oxygen atoms in total. The second-order valence-corrected chi connectivity index (χ2v) is 7.54. The third-order valence-electron chi connectivity index (χ3n) is 4.30. The van der Waals surface area contributed by atoms with Gasteiger partial charge in [-0.2, -0.15) is 0 Å². The lowest BCUT2D eigenvalue weighted by Crippen LogP contribution is -2.33. The van der Waals surface area contributed by atoms with Crippen molar-refractivity contribution in [3.05, 3.63) is 42.0 Å². The second kappa shape index (κ2) is 10.1. The van der Waals surface area contributed by atoms with Gasteiger partial charge >= 0.3 is 0 Å². The summed E-state index contributed by atoms with van der Waals surface area (Å²) in [5.74, 6) is 2.53. The molecule has 1 N–H and O–H groups in total. The highest BCUT2D eigenvalue weighted by molar-refractivity contribution is 8.00. The van der Waals surface area contributed by atoms with Crippen LogP contribution in [0.4, 0.5) is 0 Å². The summed E-state index contributed by atoms with van der Waals surface area (Å²) in [7, 11) is 6.37. The van der Waals surface area contributed by atoms with Gasteiger partial charge in [0, 0.05) is 4.90 Å². The van der Waals surface area contributed by atoms with Crippen LogP contribution in [0.15, 0.2) is 41.3 Å². The van der Waals surface area contributed by atoms with Gasteiger partial charge in [-0.25, -0.2) is 0 Å². The number of hydrogen-bond donors (Lipinski definition) is 1. The van der Waals surface area contributed by atoms with E-state index in [4.69, 9.17) is 18.9 Å². The maximum atomic E-state index is 12.6. The zero-order valence-corrected chi connectivity index (χ0v) is 17.9. The summed E-state index contributed by atoms with van der Waals surface area (Å²) < 4.78 is 21.2. The number of hydrogen-bond acceptors (Lipinski definition) is 6. The topological polar surface area (TPSA) is 66.0 Å². The minimum Gasteiger partial charge on any atom is -0.493 e. The van der Waals surface area contributed by atoms with E-state index in [1.54, 1.807) is 28.4 Å². The standard InChI is InChI=1S/C21H27NO5S/c1-13(15-7-9-17(24-3)19(11-15)26-5)22-21(23)14(2)28-16-8-10-18(25-4)20(12-16)27-6/h7-14H,1-6H3,(H,22,23)/t13-,14+/m0/s1. The van der Waals surface area contributed by atoms with E-state index in [0.29, 0.717) is 23.0 Å². The van der Waals surface area contributed by atoms with Crippen molar-refractivity contribution in [2.24, 2.45) is 0 Å². The quantitative estimate of drug-likeness (QED) is 0.634. The molecule has 7 heteroatoms. The zero-order chi connectivity index (χ0) is 20.7. The Morgan fingerprint density at radius 3 is 1.93 bits per heavy atom. The van der Waals surface area contributed by atoms with E-state index in [-0.39, 0.29) is 17.2 Å². The van der Waals surface area contributed by atoms with Crippen molar-refractivity contribution in [1.82, 2.24) is 5.32 Å². The fourth-order valence-electron chi connectivity index (χ4n) is 2.68. The van der Waals surface area contributed by atoms with Gasteiger partial charge in [0.05, 0.1) is 39.7 Å². The monoisotopic (exact) mass is 405 g/mol. The number of amides is 1. The van der Waals surface area contributed by atoms with Gasteiger partial charge < -0.3 is 24.3 Å². The number of carbonyl (C=O) groups is 1. The van der Waals surface area contributed by atoms with Crippen molar-refractivity contribution >= 4 is 17.7 Å². The van der Waals surface area contributed by atoms with E-state index in [9.17, 15) is 4.79 Å². The molecule has 0 aliphatic heterocycles. The van der Waals surface area contributed by atoms with Crippen LogP contribution < -0.4 is 24.3 Å². The molecule has 2 aromatic carbocycles. The van der Waals surface area contributed by atoms with E-state index < -0.39 is 0 Å². The fourth-order valence-corrected chi connectivity index (χ4v) is 3.59. The summed E-state index contributed by atoms with van der Waals surface area (Å²) in [6.07, 6.45) is 0. The third-order valence-corrected chi connectivity index (χ3v) is 5.40. The summed E-state index contributed by atoms with van der Waals surface area (Å²) in [6.45, 7) is 3.81. The van der Waals surface area contributed by atoms with Crippen LogP contribution >= 0.6 is 11.8 Å². The summed E-state index contributed by atoms with van der Waals surface area (Å²) in [6, 6.07) is 11.1. The molecular weight excluding hydrogens is 378 g/mol. The van der Waals surface area contributed by atoms with Gasteiger partial charge in [-0.1, -0.05) is 6.07 Å². The van der Waals surface area contributed by atoms with Crippen LogP contribution in [0.5, 0.6) is 23.0 Å². The van der Waals surface area contributed by atoms with Crippen molar-refractivity contribution < 1.29 is 23.7 Å². The molecule has 2 aromatic rings. The van der Waals surface area contributed by atoms with Crippen LogP contribution in [0.3, 0.4) is 0 Å². The number of benzene rings is 2. The van der Waals surface area contributed by atoms with Crippen LogP contribution in [0, 0.1) is 0 Å². The van der Waals surface area contributed by atoms with E-state index in [0.717, 1.165) is 10.5 Å². The highest BCUT2D eigenvalue weighted by atomic mass is 32.2. The Morgan fingerprint density at radius 1 is 0.821 bits per heavy atom. The molecule has 2 atom stereocenters. The molecule has 0 spiro atoms. The van der Waals surface area contributed by atoms with Crippen molar-refractivity contribution in [3.63, 3.8) is 0 Å². The van der Waals surface area contributed by atoms with E-state index in [1.165, 1.54) is 11.8 Å². The largest absolute Gasteiger partial charge is 0.493 e. The smallest absolute Gasteiger partial charge is 0.233 e. The molecule has 0 bridgehead atoms. The van der Waals surface area contributed by atoms with Crippen LogP contribution in [-0.2, 0) is 4.79 Å². The Kier molecular flexibility index (Phi) is 7.87.